The van der Waals surface area contributed by atoms with Crippen molar-refractivity contribution in [3.8, 4) is 0 Å². The zero-order valence-electron chi connectivity index (χ0n) is 11.2. The van der Waals surface area contributed by atoms with Crippen molar-refractivity contribution in [1.29, 1.82) is 0 Å². The van der Waals surface area contributed by atoms with Crippen LogP contribution in [0.15, 0.2) is 0 Å². The number of ether oxygens (including phenoxy) is 1. The number of nitrogens with one attached hydrogen (secondary N) is 2. The molecule has 0 saturated heterocycles. The van der Waals surface area contributed by atoms with Crippen LogP contribution in [0, 0.1) is 0 Å². The first kappa shape index (κ1) is 14.5. The van der Waals surface area contributed by atoms with Gasteiger partial charge in [0, 0.05) is 13.2 Å². The third-order valence-corrected chi connectivity index (χ3v) is 3.32. The van der Waals surface area contributed by atoms with Crippen molar-refractivity contribution in [3.63, 3.8) is 0 Å². The average molecular weight is 242 g/mol. The molecule has 0 aromatic carbocycles. The van der Waals surface area contributed by atoms with Crippen molar-refractivity contribution in [1.82, 2.24) is 10.6 Å². The molecule has 0 atom stereocenters. The molecule has 0 aromatic rings. The molecule has 4 heteroatoms. The summed E-state index contributed by atoms with van der Waals surface area (Å²) in [6.07, 6.45) is 6.91. The van der Waals surface area contributed by atoms with E-state index in [4.69, 9.17) is 4.74 Å². The van der Waals surface area contributed by atoms with Crippen molar-refractivity contribution < 1.29 is 9.53 Å². The number of carbonyl (C=O) groups excluding carboxylic acids is 1. The van der Waals surface area contributed by atoms with Gasteiger partial charge < -0.3 is 15.4 Å². The van der Waals surface area contributed by atoms with Crippen LogP contribution in [0.5, 0.6) is 0 Å². The lowest BCUT2D eigenvalue weighted by Crippen LogP contribution is -2.48. The molecule has 1 amide bonds. The maximum atomic E-state index is 11.5. The van der Waals surface area contributed by atoms with Crippen LogP contribution in [-0.2, 0) is 9.53 Å². The Morgan fingerprint density at radius 1 is 1.29 bits per heavy atom. The molecule has 1 aliphatic rings. The Morgan fingerprint density at radius 3 is 2.59 bits per heavy atom. The number of carbonyl (C=O) groups is 1. The van der Waals surface area contributed by atoms with Gasteiger partial charge in [-0.15, -0.1) is 0 Å². The minimum Gasteiger partial charge on any atom is -0.373 e. The molecular formula is C13H26N2O2. The topological polar surface area (TPSA) is 50.4 Å². The molecule has 0 unspecified atom stereocenters. The fraction of sp³-hybridized carbons (Fsp3) is 0.923. The average Bonchev–Trinajstić information content (AvgIpc) is 2.36. The summed E-state index contributed by atoms with van der Waals surface area (Å²) in [6, 6.07) is 0. The van der Waals surface area contributed by atoms with E-state index in [0.29, 0.717) is 13.1 Å². The van der Waals surface area contributed by atoms with Gasteiger partial charge in [-0.1, -0.05) is 26.2 Å². The predicted molar refractivity (Wildman–Crippen MR) is 69.0 cm³/mol. The molecule has 17 heavy (non-hydrogen) atoms. The van der Waals surface area contributed by atoms with Crippen LogP contribution in [0.4, 0.5) is 0 Å². The van der Waals surface area contributed by atoms with Gasteiger partial charge in [0.2, 0.25) is 5.91 Å². The highest BCUT2D eigenvalue weighted by atomic mass is 16.5. The van der Waals surface area contributed by atoms with E-state index in [0.717, 1.165) is 25.9 Å². The van der Waals surface area contributed by atoms with E-state index in [1.807, 2.05) is 0 Å². The largest absolute Gasteiger partial charge is 0.373 e. The van der Waals surface area contributed by atoms with Crippen LogP contribution in [0.25, 0.3) is 0 Å². The van der Waals surface area contributed by atoms with E-state index in [2.05, 4.69) is 17.6 Å². The predicted octanol–water partition coefficient (Wildman–Crippen LogP) is 1.45. The zero-order valence-corrected chi connectivity index (χ0v) is 11.2. The summed E-state index contributed by atoms with van der Waals surface area (Å²) >= 11 is 0. The Kier molecular flexibility index (Phi) is 6.52. The Labute approximate surface area is 104 Å². The fourth-order valence-electron chi connectivity index (χ4n) is 2.37. The van der Waals surface area contributed by atoms with Gasteiger partial charge in [0.25, 0.3) is 0 Å². The third-order valence-electron chi connectivity index (χ3n) is 3.32. The molecule has 0 radical (unpaired) electrons. The van der Waals surface area contributed by atoms with Gasteiger partial charge in [-0.2, -0.15) is 0 Å². The van der Waals surface area contributed by atoms with Gasteiger partial charge in [-0.05, 0) is 26.3 Å². The third kappa shape index (κ3) is 5.04. The van der Waals surface area contributed by atoms with Crippen LogP contribution in [0.1, 0.15) is 45.4 Å². The van der Waals surface area contributed by atoms with Crippen LogP contribution < -0.4 is 10.6 Å². The monoisotopic (exact) mass is 242 g/mol. The number of hydrogen-bond acceptors (Lipinski definition) is 3. The van der Waals surface area contributed by atoms with Crippen LogP contribution >= 0.6 is 0 Å². The summed E-state index contributed by atoms with van der Waals surface area (Å²) in [5, 5.41) is 5.83. The Hall–Kier alpha value is -0.610. The van der Waals surface area contributed by atoms with Crippen molar-refractivity contribution in [2.75, 3.05) is 26.7 Å². The summed E-state index contributed by atoms with van der Waals surface area (Å²) < 4.78 is 6.01. The quantitative estimate of drug-likeness (QED) is 0.710. The van der Waals surface area contributed by atoms with Gasteiger partial charge in [0.1, 0.15) is 0 Å². The molecule has 1 fully saturated rings. The Balaban J connectivity index is 2.42. The molecule has 1 saturated carbocycles. The first-order valence-electron chi connectivity index (χ1n) is 6.78. The smallest absolute Gasteiger partial charge is 0.234 e. The lowest BCUT2D eigenvalue weighted by molar-refractivity contribution is -0.123. The van der Waals surface area contributed by atoms with E-state index in [1.165, 1.54) is 19.3 Å². The number of rotatable bonds is 7. The molecule has 0 bridgehead atoms. The second-order valence-electron chi connectivity index (χ2n) is 4.90. The fourth-order valence-corrected chi connectivity index (χ4v) is 2.37. The minimum absolute atomic E-state index is 0.0533. The van der Waals surface area contributed by atoms with E-state index in [9.17, 15) is 4.79 Å². The Morgan fingerprint density at radius 2 is 2.00 bits per heavy atom. The van der Waals surface area contributed by atoms with Crippen LogP contribution in [0.3, 0.4) is 0 Å². The molecular weight excluding hydrogens is 216 g/mol. The highest BCUT2D eigenvalue weighted by Crippen LogP contribution is 2.31. The van der Waals surface area contributed by atoms with Crippen LogP contribution in [-0.4, -0.2) is 38.3 Å². The zero-order chi connectivity index (χ0) is 12.6. The molecule has 4 nitrogen and oxygen atoms in total. The standard InChI is InChI=1S/C13H26N2O2/c1-3-9-17-13(7-5-4-6-8-13)11-15-12(16)10-14-2/h14H,3-11H2,1-2H3,(H,15,16). The lowest BCUT2D eigenvalue weighted by atomic mass is 9.84. The molecule has 0 spiro atoms. The van der Waals surface area contributed by atoms with Gasteiger partial charge in [-0.25, -0.2) is 0 Å². The molecule has 2 N–H and O–H groups in total. The SMILES string of the molecule is CCCOC1(CNC(=O)CNC)CCCCC1. The van der Waals surface area contributed by atoms with Crippen molar-refractivity contribution in [2.45, 2.75) is 51.0 Å². The van der Waals surface area contributed by atoms with Crippen molar-refractivity contribution in [3.05, 3.63) is 0 Å². The van der Waals surface area contributed by atoms with Crippen LogP contribution in [0.2, 0.25) is 0 Å². The van der Waals surface area contributed by atoms with E-state index >= 15 is 0 Å². The maximum Gasteiger partial charge on any atom is 0.234 e. The normalized spacial score (nSPS) is 18.9. The second-order valence-corrected chi connectivity index (χ2v) is 4.90. The number of likely N-dealkylation sites (N-methyl/N-ethyl adjacent to an activating group) is 1. The van der Waals surface area contributed by atoms with Gasteiger partial charge in [0.05, 0.1) is 12.1 Å². The summed E-state index contributed by atoms with van der Waals surface area (Å²) in [6.45, 7) is 3.95. The van der Waals surface area contributed by atoms with Crippen molar-refractivity contribution >= 4 is 5.91 Å². The van der Waals surface area contributed by atoms with Gasteiger partial charge in [0.15, 0.2) is 0 Å². The van der Waals surface area contributed by atoms with Gasteiger partial charge in [-0.3, -0.25) is 4.79 Å². The summed E-state index contributed by atoms with van der Waals surface area (Å²) in [4.78, 5) is 11.5. The summed E-state index contributed by atoms with van der Waals surface area (Å²) in [7, 11) is 1.78. The molecule has 1 rings (SSSR count). The minimum atomic E-state index is -0.0995. The maximum absolute atomic E-state index is 11.5. The molecule has 1 aliphatic carbocycles. The lowest BCUT2D eigenvalue weighted by Gasteiger charge is -2.37. The molecule has 0 heterocycles. The summed E-state index contributed by atoms with van der Waals surface area (Å²) in [5.74, 6) is 0.0533. The highest BCUT2D eigenvalue weighted by molar-refractivity contribution is 5.78. The van der Waals surface area contributed by atoms with Gasteiger partial charge >= 0.3 is 0 Å². The first-order chi connectivity index (χ1) is 8.22. The van der Waals surface area contributed by atoms with E-state index < -0.39 is 0 Å². The number of amides is 1. The van der Waals surface area contributed by atoms with Crippen molar-refractivity contribution in [2.24, 2.45) is 0 Å². The first-order valence-corrected chi connectivity index (χ1v) is 6.78. The highest BCUT2D eigenvalue weighted by Gasteiger charge is 2.32. The molecule has 0 aliphatic heterocycles. The van der Waals surface area contributed by atoms with E-state index in [-0.39, 0.29) is 11.5 Å². The molecule has 100 valence electrons. The second kappa shape index (κ2) is 7.67. The summed E-state index contributed by atoms with van der Waals surface area (Å²) in [5.41, 5.74) is -0.0995. The molecule has 0 aromatic heterocycles. The Bertz CT molecular complexity index is 225. The van der Waals surface area contributed by atoms with E-state index in [1.54, 1.807) is 7.05 Å². The number of hydrogen-bond donors (Lipinski definition) is 2.